The lowest BCUT2D eigenvalue weighted by atomic mass is 10.3. The zero-order chi connectivity index (χ0) is 12.6. The summed E-state index contributed by atoms with van der Waals surface area (Å²) in [6.07, 6.45) is 0. The molecule has 0 aliphatic heterocycles. The molecule has 0 heterocycles. The highest BCUT2D eigenvalue weighted by atomic mass is 127. The van der Waals surface area contributed by atoms with Gasteiger partial charge in [0.1, 0.15) is 16.5 Å². The lowest BCUT2D eigenvalue weighted by Crippen LogP contribution is -2.59. The first-order valence-electron chi connectivity index (χ1n) is 5.69. The zero-order valence-corrected chi connectivity index (χ0v) is 15.3. The van der Waals surface area contributed by atoms with Crippen LogP contribution in [0.5, 0.6) is 0 Å². The molecule has 0 radical (unpaired) electrons. The molecule has 1 aromatic carbocycles. The molecule has 0 aliphatic carbocycles. The van der Waals surface area contributed by atoms with E-state index in [9.17, 15) is 0 Å². The van der Waals surface area contributed by atoms with E-state index < -0.39 is 16.5 Å². The predicted octanol–water partition coefficient (Wildman–Crippen LogP) is 4.77. The maximum atomic E-state index is 2.77. The van der Waals surface area contributed by atoms with Crippen LogP contribution in [0.3, 0.4) is 0 Å². The smallest absolute Gasteiger partial charge is 0.138 e. The molecule has 0 aromatic heterocycles. The molecule has 0 spiro atoms. The summed E-state index contributed by atoms with van der Waals surface area (Å²) in [5, 5.41) is 0. The Hall–Kier alpha value is 0.184. The van der Waals surface area contributed by atoms with Gasteiger partial charge in [0.2, 0.25) is 0 Å². The van der Waals surface area contributed by atoms with E-state index in [0.717, 1.165) is 0 Å². The molecule has 0 aliphatic rings. The number of benzene rings is 1. The molecule has 16 heavy (non-hydrogen) atoms. The van der Waals surface area contributed by atoms with E-state index in [2.05, 4.69) is 90.4 Å². The van der Waals surface area contributed by atoms with Crippen LogP contribution in [0.15, 0.2) is 24.3 Å². The molecule has 1 rings (SSSR count). The van der Waals surface area contributed by atoms with Crippen molar-refractivity contribution in [1.29, 1.82) is 0 Å². The predicted molar refractivity (Wildman–Crippen MR) is 88.3 cm³/mol. The monoisotopic (exact) mass is 363 g/mol. The standard InChI is InChI=1S/C12H22INSi2/c1-15(2,3)14(16(4,5)6)12-10-8-7-9-11(12)13/h7-10H,1-6H3. The van der Waals surface area contributed by atoms with Crippen molar-refractivity contribution in [3.63, 3.8) is 0 Å². The first-order valence-corrected chi connectivity index (χ1v) is 13.7. The average molecular weight is 363 g/mol. The van der Waals surface area contributed by atoms with Gasteiger partial charge in [-0.25, -0.2) is 0 Å². The van der Waals surface area contributed by atoms with Crippen LogP contribution in [-0.4, -0.2) is 16.5 Å². The number of hydrogen-bond acceptors (Lipinski definition) is 1. The minimum absolute atomic E-state index is 1.30. The number of hydrogen-bond donors (Lipinski definition) is 0. The molecule has 0 fully saturated rings. The minimum Gasteiger partial charge on any atom is -0.424 e. The van der Waals surface area contributed by atoms with Crippen molar-refractivity contribution < 1.29 is 0 Å². The highest BCUT2D eigenvalue weighted by molar-refractivity contribution is 14.1. The Balaban J connectivity index is 3.29. The molecule has 0 amide bonds. The summed E-state index contributed by atoms with van der Waals surface area (Å²) in [4.78, 5) is 0. The largest absolute Gasteiger partial charge is 0.424 e. The molecule has 0 saturated carbocycles. The lowest BCUT2D eigenvalue weighted by Gasteiger charge is -2.46. The van der Waals surface area contributed by atoms with Crippen molar-refractivity contribution in [2.45, 2.75) is 39.3 Å². The van der Waals surface area contributed by atoms with Crippen molar-refractivity contribution in [2.24, 2.45) is 0 Å². The van der Waals surface area contributed by atoms with Crippen LogP contribution < -0.4 is 4.23 Å². The summed E-state index contributed by atoms with van der Waals surface area (Å²) in [6, 6.07) is 8.77. The molecular formula is C12H22INSi2. The van der Waals surface area contributed by atoms with Gasteiger partial charge in [-0.3, -0.25) is 0 Å². The average Bonchev–Trinajstić information content (AvgIpc) is 2.03. The van der Waals surface area contributed by atoms with E-state index >= 15 is 0 Å². The van der Waals surface area contributed by atoms with Crippen LogP contribution in [0.25, 0.3) is 0 Å². The summed E-state index contributed by atoms with van der Waals surface area (Å²) in [7, 11) is -2.61. The third-order valence-electron chi connectivity index (χ3n) is 2.43. The van der Waals surface area contributed by atoms with Gasteiger partial charge in [0.25, 0.3) is 0 Å². The number of halogens is 1. The number of anilines is 1. The first kappa shape index (κ1) is 14.2. The SMILES string of the molecule is C[Si](C)(C)N(c1ccccc1I)[Si](C)(C)C. The van der Waals surface area contributed by atoms with Gasteiger partial charge in [0.15, 0.2) is 0 Å². The number of para-hydroxylation sites is 1. The molecule has 0 bridgehead atoms. The fourth-order valence-electron chi connectivity index (χ4n) is 2.36. The van der Waals surface area contributed by atoms with Gasteiger partial charge in [-0.15, -0.1) is 0 Å². The summed E-state index contributed by atoms with van der Waals surface area (Å²) >= 11 is 2.46. The van der Waals surface area contributed by atoms with Crippen molar-refractivity contribution >= 4 is 44.7 Å². The summed E-state index contributed by atoms with van der Waals surface area (Å²) in [6.45, 7) is 14.6. The Morgan fingerprint density at radius 1 is 0.875 bits per heavy atom. The van der Waals surface area contributed by atoms with E-state index in [1.165, 1.54) is 9.26 Å². The van der Waals surface area contributed by atoms with Gasteiger partial charge in [-0.2, -0.15) is 0 Å². The van der Waals surface area contributed by atoms with Crippen LogP contribution in [0.4, 0.5) is 5.69 Å². The molecule has 0 saturated heterocycles. The van der Waals surface area contributed by atoms with E-state index in [1.807, 2.05) is 0 Å². The Morgan fingerprint density at radius 3 is 1.69 bits per heavy atom. The van der Waals surface area contributed by atoms with Gasteiger partial charge >= 0.3 is 0 Å². The van der Waals surface area contributed by atoms with Gasteiger partial charge in [-0.1, -0.05) is 51.4 Å². The quantitative estimate of drug-likeness (QED) is 0.552. The fourth-order valence-corrected chi connectivity index (χ4v) is 13.3. The molecule has 4 heteroatoms. The zero-order valence-electron chi connectivity index (χ0n) is 11.1. The highest BCUT2D eigenvalue weighted by Gasteiger charge is 2.35. The van der Waals surface area contributed by atoms with Crippen LogP contribution in [0.1, 0.15) is 0 Å². The maximum absolute atomic E-state index is 2.77. The van der Waals surface area contributed by atoms with Crippen molar-refractivity contribution in [1.82, 2.24) is 0 Å². The second kappa shape index (κ2) is 4.82. The van der Waals surface area contributed by atoms with Gasteiger partial charge < -0.3 is 4.23 Å². The second-order valence-electron chi connectivity index (χ2n) is 6.13. The van der Waals surface area contributed by atoms with Gasteiger partial charge in [0.05, 0.1) is 0 Å². The summed E-state index contributed by atoms with van der Waals surface area (Å²) < 4.78 is 4.15. The van der Waals surface area contributed by atoms with Gasteiger partial charge in [0, 0.05) is 9.26 Å². The van der Waals surface area contributed by atoms with Crippen LogP contribution >= 0.6 is 22.6 Å². The molecule has 1 aromatic rings. The first-order chi connectivity index (χ1) is 7.14. The molecule has 0 unspecified atom stereocenters. The molecule has 1 nitrogen and oxygen atoms in total. The lowest BCUT2D eigenvalue weighted by molar-refractivity contribution is 1.34. The van der Waals surface area contributed by atoms with Crippen molar-refractivity contribution in [2.75, 3.05) is 4.23 Å². The molecule has 0 atom stereocenters. The fraction of sp³-hybridized carbons (Fsp3) is 0.500. The Labute approximate surface area is 116 Å². The molecule has 90 valence electrons. The Bertz CT molecular complexity index is 352. The Kier molecular flexibility index (Phi) is 4.29. The third-order valence-corrected chi connectivity index (χ3v) is 10.5. The van der Waals surface area contributed by atoms with E-state index in [0.29, 0.717) is 0 Å². The van der Waals surface area contributed by atoms with Crippen LogP contribution in [0.2, 0.25) is 39.3 Å². The van der Waals surface area contributed by atoms with E-state index in [-0.39, 0.29) is 0 Å². The van der Waals surface area contributed by atoms with Crippen LogP contribution in [0, 0.1) is 3.57 Å². The number of nitrogens with zero attached hydrogens (tertiary/aromatic N) is 1. The highest BCUT2D eigenvalue weighted by Crippen LogP contribution is 2.31. The topological polar surface area (TPSA) is 3.24 Å². The number of rotatable bonds is 3. The Morgan fingerprint density at radius 2 is 1.31 bits per heavy atom. The maximum Gasteiger partial charge on any atom is 0.138 e. The summed E-state index contributed by atoms with van der Waals surface area (Å²) in [5.74, 6) is 0. The summed E-state index contributed by atoms with van der Waals surface area (Å²) in [5.41, 5.74) is 1.45. The molecule has 0 N–H and O–H groups in total. The van der Waals surface area contributed by atoms with Crippen LogP contribution in [-0.2, 0) is 0 Å². The second-order valence-corrected chi connectivity index (χ2v) is 17.3. The minimum atomic E-state index is -1.30. The van der Waals surface area contributed by atoms with Crippen molar-refractivity contribution in [3.05, 3.63) is 27.8 Å². The van der Waals surface area contributed by atoms with Crippen molar-refractivity contribution in [3.8, 4) is 0 Å². The normalized spacial score (nSPS) is 12.7. The van der Waals surface area contributed by atoms with E-state index in [4.69, 9.17) is 0 Å². The van der Waals surface area contributed by atoms with E-state index in [1.54, 1.807) is 0 Å². The van der Waals surface area contributed by atoms with Gasteiger partial charge in [-0.05, 0) is 34.7 Å². The molecular weight excluding hydrogens is 341 g/mol. The third kappa shape index (κ3) is 3.34.